The van der Waals surface area contributed by atoms with Gasteiger partial charge in [0, 0.05) is 72.8 Å². The highest BCUT2D eigenvalue weighted by molar-refractivity contribution is 6.01. The molecule has 1 fully saturated rings. The van der Waals surface area contributed by atoms with Crippen LogP contribution in [-0.2, 0) is 17.8 Å². The van der Waals surface area contributed by atoms with E-state index in [2.05, 4.69) is 45.3 Å². The first kappa shape index (κ1) is 22.3. The van der Waals surface area contributed by atoms with Gasteiger partial charge in [0.15, 0.2) is 0 Å². The number of pyridine rings is 2. The molecule has 0 radical (unpaired) electrons. The number of rotatable bonds is 7. The highest BCUT2D eigenvalue weighted by atomic mass is 16.5. The number of hydrogen-bond acceptors (Lipinski definition) is 6. The number of benzene rings is 1. The molecule has 7 heteroatoms. The lowest BCUT2D eigenvalue weighted by Crippen LogP contribution is -2.39. The lowest BCUT2D eigenvalue weighted by Gasteiger charge is -2.36. The van der Waals surface area contributed by atoms with Crippen molar-refractivity contribution in [2.24, 2.45) is 5.73 Å². The summed E-state index contributed by atoms with van der Waals surface area (Å²) in [5, 5.41) is 5.58. The molecule has 0 amide bonds. The molecule has 4 N–H and O–H groups in total. The third-order valence-electron chi connectivity index (χ3n) is 6.36. The van der Waals surface area contributed by atoms with Gasteiger partial charge in [-0.15, -0.1) is 0 Å². The zero-order valence-corrected chi connectivity index (χ0v) is 19.2. The number of aryl methyl sites for hydroxylation is 2. The van der Waals surface area contributed by atoms with Crippen LogP contribution in [0.1, 0.15) is 42.1 Å². The molecule has 0 unspecified atom stereocenters. The molecular weight excluding hydrogens is 402 g/mol. The summed E-state index contributed by atoms with van der Waals surface area (Å²) in [7, 11) is 0. The maximum atomic E-state index is 12.5. The number of nitrogens with one attached hydrogen (secondary N) is 2. The number of aromatic nitrogens is 2. The summed E-state index contributed by atoms with van der Waals surface area (Å²) in [5.74, 6) is 0.765. The Morgan fingerprint density at radius 2 is 2.00 bits per heavy atom. The molecule has 1 aliphatic rings. The molecule has 3 heterocycles. The molecule has 1 aromatic carbocycles. The van der Waals surface area contributed by atoms with Crippen molar-refractivity contribution >= 4 is 22.3 Å². The monoisotopic (exact) mass is 435 g/mol. The minimum atomic E-state index is -0.0600. The topological polar surface area (TPSA) is 96.3 Å². The summed E-state index contributed by atoms with van der Waals surface area (Å²) >= 11 is 0. The first-order valence-corrected chi connectivity index (χ1v) is 11.4. The van der Waals surface area contributed by atoms with Crippen molar-refractivity contribution < 1.29 is 4.74 Å². The van der Waals surface area contributed by atoms with E-state index in [1.165, 1.54) is 5.69 Å². The van der Waals surface area contributed by atoms with Gasteiger partial charge in [-0.3, -0.25) is 4.79 Å². The van der Waals surface area contributed by atoms with E-state index < -0.39 is 0 Å². The van der Waals surface area contributed by atoms with Crippen LogP contribution in [0.25, 0.3) is 10.8 Å². The van der Waals surface area contributed by atoms with Gasteiger partial charge in [0.05, 0.1) is 0 Å². The third-order valence-corrected chi connectivity index (χ3v) is 6.36. The molecule has 2 aromatic heterocycles. The molecule has 0 spiro atoms. The van der Waals surface area contributed by atoms with Crippen molar-refractivity contribution in [3.63, 3.8) is 0 Å². The van der Waals surface area contributed by atoms with E-state index >= 15 is 0 Å². The van der Waals surface area contributed by atoms with Gasteiger partial charge in [0.25, 0.3) is 5.56 Å². The van der Waals surface area contributed by atoms with Crippen LogP contribution in [0.2, 0.25) is 0 Å². The second-order valence-electron chi connectivity index (χ2n) is 8.50. The van der Waals surface area contributed by atoms with Gasteiger partial charge in [-0.25, -0.2) is 4.98 Å². The van der Waals surface area contributed by atoms with E-state index in [4.69, 9.17) is 10.5 Å². The van der Waals surface area contributed by atoms with Crippen molar-refractivity contribution in [2.75, 3.05) is 30.0 Å². The van der Waals surface area contributed by atoms with Crippen LogP contribution in [0.4, 0.5) is 11.5 Å². The van der Waals surface area contributed by atoms with Crippen molar-refractivity contribution in [3.05, 3.63) is 63.2 Å². The predicted molar refractivity (Wildman–Crippen MR) is 130 cm³/mol. The Morgan fingerprint density at radius 1 is 1.22 bits per heavy atom. The number of anilines is 2. The summed E-state index contributed by atoms with van der Waals surface area (Å²) in [4.78, 5) is 22.4. The Bertz CT molecular complexity index is 1150. The van der Waals surface area contributed by atoms with E-state index in [1.807, 2.05) is 26.1 Å². The normalized spacial score (nSPS) is 14.6. The average Bonchev–Trinajstić information content (AvgIpc) is 2.79. The second-order valence-corrected chi connectivity index (χ2v) is 8.50. The highest BCUT2D eigenvalue weighted by Crippen LogP contribution is 2.34. The summed E-state index contributed by atoms with van der Waals surface area (Å²) in [6.45, 7) is 9.44. The summed E-state index contributed by atoms with van der Waals surface area (Å²) < 4.78 is 5.59. The summed E-state index contributed by atoms with van der Waals surface area (Å²) in [5.41, 5.74) is 10.8. The zero-order valence-electron chi connectivity index (χ0n) is 19.2. The number of H-pyrrole nitrogens is 1. The minimum Gasteiger partial charge on any atom is -0.381 e. The molecule has 0 bridgehead atoms. The van der Waals surface area contributed by atoms with Gasteiger partial charge in [-0.1, -0.05) is 0 Å². The maximum Gasteiger partial charge on any atom is 0.253 e. The summed E-state index contributed by atoms with van der Waals surface area (Å²) in [6, 6.07) is 8.83. The fourth-order valence-corrected chi connectivity index (χ4v) is 4.71. The number of hydrogen-bond donors (Lipinski definition) is 3. The first-order valence-electron chi connectivity index (χ1n) is 11.4. The van der Waals surface area contributed by atoms with E-state index in [9.17, 15) is 4.79 Å². The van der Waals surface area contributed by atoms with Crippen LogP contribution in [0, 0.1) is 13.8 Å². The fraction of sp³-hybridized carbons (Fsp3) is 0.440. The molecule has 170 valence electrons. The Morgan fingerprint density at radius 3 is 2.69 bits per heavy atom. The van der Waals surface area contributed by atoms with Crippen LogP contribution in [0.5, 0.6) is 0 Å². The van der Waals surface area contributed by atoms with Crippen molar-refractivity contribution in [3.8, 4) is 0 Å². The standard InChI is InChI=1S/C25H33N5O2/c1-4-30(19-6-9-32-10-7-19)23-13-18(14-26)12-21-20(23)5-8-27-24(21)28-15-22-16(2)11-17(3)29-25(22)31/h5,8,11-13,19H,4,6-7,9-10,14-15,26H2,1-3H3,(H,27,28)(H,29,31). The zero-order chi connectivity index (χ0) is 22.7. The molecule has 0 saturated carbocycles. The van der Waals surface area contributed by atoms with E-state index in [1.54, 1.807) is 0 Å². The molecular formula is C25H33N5O2. The minimum absolute atomic E-state index is 0.0600. The van der Waals surface area contributed by atoms with Crippen LogP contribution in [-0.4, -0.2) is 35.8 Å². The Labute approximate surface area is 189 Å². The maximum absolute atomic E-state index is 12.5. The van der Waals surface area contributed by atoms with Gasteiger partial charge >= 0.3 is 0 Å². The van der Waals surface area contributed by atoms with Crippen LogP contribution < -0.4 is 21.5 Å². The molecule has 3 aromatic rings. The van der Waals surface area contributed by atoms with Gasteiger partial charge in [-0.2, -0.15) is 0 Å². The SMILES string of the molecule is CCN(c1cc(CN)cc2c(NCc3c(C)cc(C)[nH]c3=O)nccc12)C1CCOCC1. The van der Waals surface area contributed by atoms with Gasteiger partial charge in [0.1, 0.15) is 5.82 Å². The number of nitrogens with zero attached hydrogens (tertiary/aromatic N) is 2. The lowest BCUT2D eigenvalue weighted by molar-refractivity contribution is 0.0847. The van der Waals surface area contributed by atoms with Gasteiger partial charge in [0.2, 0.25) is 0 Å². The van der Waals surface area contributed by atoms with Crippen LogP contribution >= 0.6 is 0 Å². The van der Waals surface area contributed by atoms with Crippen LogP contribution in [0.15, 0.2) is 35.3 Å². The number of nitrogens with two attached hydrogens (primary N) is 1. The average molecular weight is 436 g/mol. The second kappa shape index (κ2) is 9.71. The van der Waals surface area contributed by atoms with Crippen molar-refractivity contribution in [2.45, 2.75) is 52.7 Å². The smallest absolute Gasteiger partial charge is 0.253 e. The first-order chi connectivity index (χ1) is 15.5. The Hall–Kier alpha value is -2.90. The van der Waals surface area contributed by atoms with Gasteiger partial charge in [-0.05, 0) is 69.0 Å². The highest BCUT2D eigenvalue weighted by Gasteiger charge is 2.23. The molecule has 1 aliphatic heterocycles. The quantitative estimate of drug-likeness (QED) is 0.525. The molecule has 32 heavy (non-hydrogen) atoms. The van der Waals surface area contributed by atoms with E-state index in [0.717, 1.165) is 71.6 Å². The van der Waals surface area contributed by atoms with Crippen LogP contribution in [0.3, 0.4) is 0 Å². The van der Waals surface area contributed by atoms with Crippen molar-refractivity contribution in [1.29, 1.82) is 0 Å². The Kier molecular flexibility index (Phi) is 6.77. The molecule has 1 saturated heterocycles. The van der Waals surface area contributed by atoms with E-state index in [0.29, 0.717) is 19.1 Å². The number of ether oxygens (including phenoxy) is 1. The Balaban J connectivity index is 1.74. The molecule has 7 nitrogen and oxygen atoms in total. The van der Waals surface area contributed by atoms with Crippen molar-refractivity contribution in [1.82, 2.24) is 9.97 Å². The fourth-order valence-electron chi connectivity index (χ4n) is 4.71. The third kappa shape index (κ3) is 4.49. The molecule has 4 rings (SSSR count). The number of fused-ring (bicyclic) bond motifs is 1. The van der Waals surface area contributed by atoms with E-state index in [-0.39, 0.29) is 5.56 Å². The predicted octanol–water partition coefficient (Wildman–Crippen LogP) is 3.62. The summed E-state index contributed by atoms with van der Waals surface area (Å²) in [6.07, 6.45) is 3.88. The molecule has 0 atom stereocenters. The lowest BCUT2D eigenvalue weighted by atomic mass is 10.0. The van der Waals surface area contributed by atoms with Gasteiger partial charge < -0.3 is 25.7 Å². The number of aromatic amines is 1. The molecule has 0 aliphatic carbocycles. The largest absolute Gasteiger partial charge is 0.381 e.